The van der Waals surface area contributed by atoms with Crippen molar-refractivity contribution < 1.29 is 19.1 Å². The van der Waals surface area contributed by atoms with Crippen LogP contribution in [0.15, 0.2) is 0 Å². The van der Waals surface area contributed by atoms with Crippen LogP contribution < -0.4 is 5.32 Å². The summed E-state index contributed by atoms with van der Waals surface area (Å²) in [6.45, 7) is 10.9. The highest BCUT2D eigenvalue weighted by molar-refractivity contribution is 5.87. The maximum atomic E-state index is 11.4. The topological polar surface area (TPSA) is 64.6 Å². The Morgan fingerprint density at radius 2 is 1.18 bits per heavy atom. The van der Waals surface area contributed by atoms with Crippen molar-refractivity contribution in [2.75, 3.05) is 0 Å². The Balaban J connectivity index is 4.19. The molecular weight excluding hydrogens is 222 g/mol. The van der Waals surface area contributed by atoms with Crippen LogP contribution in [0.3, 0.4) is 0 Å². The van der Waals surface area contributed by atoms with Gasteiger partial charge < -0.3 is 9.47 Å². The molecule has 0 aromatic heterocycles. The average Bonchev–Trinajstić information content (AvgIpc) is 2.15. The molecular formula is C12H23NO4. The minimum Gasteiger partial charge on any atom is -0.443 e. The predicted octanol–water partition coefficient (Wildman–Crippen LogP) is 3.23. The first-order chi connectivity index (χ1) is 7.62. The van der Waals surface area contributed by atoms with Crippen molar-refractivity contribution in [3.05, 3.63) is 0 Å². The summed E-state index contributed by atoms with van der Waals surface area (Å²) in [6.07, 6.45) is -0.242. The lowest BCUT2D eigenvalue weighted by Crippen LogP contribution is -2.40. The highest BCUT2D eigenvalue weighted by Crippen LogP contribution is 2.15. The lowest BCUT2D eigenvalue weighted by molar-refractivity contribution is 0.0200. The Bertz CT molecular complexity index is 256. The van der Waals surface area contributed by atoms with Crippen molar-refractivity contribution in [3.63, 3.8) is 0 Å². The maximum Gasteiger partial charge on any atom is 0.417 e. The molecule has 0 saturated heterocycles. The first kappa shape index (κ1) is 15.7. The summed E-state index contributed by atoms with van der Waals surface area (Å²) in [5.41, 5.74) is -1.19. The van der Waals surface area contributed by atoms with Crippen molar-refractivity contribution in [2.24, 2.45) is 0 Å². The van der Waals surface area contributed by atoms with Crippen molar-refractivity contribution in [3.8, 4) is 0 Å². The molecule has 1 N–H and O–H groups in total. The fourth-order valence-corrected chi connectivity index (χ4v) is 0.781. The normalized spacial score (nSPS) is 11.9. The minimum atomic E-state index is -0.784. The molecule has 0 aromatic carbocycles. The zero-order valence-corrected chi connectivity index (χ0v) is 11.5. The number of hydrogen-bond donors (Lipinski definition) is 1. The molecule has 0 spiro atoms. The molecule has 0 atom stereocenters. The number of carbonyl (C=O) groups is 2. The summed E-state index contributed by atoms with van der Waals surface area (Å²) < 4.78 is 10.1. The van der Waals surface area contributed by atoms with Gasteiger partial charge in [0.05, 0.1) is 0 Å². The van der Waals surface area contributed by atoms with Crippen LogP contribution in [0.5, 0.6) is 0 Å². The molecule has 0 bridgehead atoms. The molecule has 100 valence electrons. The van der Waals surface area contributed by atoms with E-state index < -0.39 is 23.4 Å². The number of amides is 2. The molecule has 0 radical (unpaired) electrons. The van der Waals surface area contributed by atoms with E-state index in [9.17, 15) is 9.59 Å². The van der Waals surface area contributed by atoms with E-state index in [1.807, 2.05) is 19.2 Å². The van der Waals surface area contributed by atoms with Crippen LogP contribution in [0.25, 0.3) is 0 Å². The number of carbonyl (C=O) groups excluding carboxylic acids is 2. The lowest BCUT2D eigenvalue weighted by Gasteiger charge is -2.25. The van der Waals surface area contributed by atoms with E-state index >= 15 is 0 Å². The van der Waals surface area contributed by atoms with Crippen LogP contribution in [0.1, 0.15) is 54.4 Å². The quantitative estimate of drug-likeness (QED) is 0.825. The number of imide groups is 1. The van der Waals surface area contributed by atoms with Gasteiger partial charge in [0.1, 0.15) is 11.2 Å². The zero-order chi connectivity index (χ0) is 13.7. The van der Waals surface area contributed by atoms with Gasteiger partial charge in [-0.25, -0.2) is 14.9 Å². The summed E-state index contributed by atoms with van der Waals surface area (Å²) in [5, 5.41) is 2.04. The minimum absolute atomic E-state index is 0.593. The second kappa shape index (κ2) is 5.89. The van der Waals surface area contributed by atoms with Gasteiger partial charge in [-0.1, -0.05) is 13.8 Å². The second-order valence-electron chi connectivity index (χ2n) is 5.13. The number of rotatable bonds is 4. The van der Waals surface area contributed by atoms with E-state index in [4.69, 9.17) is 9.47 Å². The second-order valence-corrected chi connectivity index (χ2v) is 5.13. The number of hydrogen-bond acceptors (Lipinski definition) is 4. The first-order valence-electron chi connectivity index (χ1n) is 5.85. The molecule has 2 amide bonds. The Labute approximate surface area is 103 Å². The monoisotopic (exact) mass is 245 g/mol. The summed E-state index contributed by atoms with van der Waals surface area (Å²) in [5.74, 6) is 0. The van der Waals surface area contributed by atoms with Gasteiger partial charge in [0.2, 0.25) is 0 Å². The molecule has 0 rings (SSSR count). The molecule has 5 heteroatoms. The van der Waals surface area contributed by atoms with Gasteiger partial charge in [-0.15, -0.1) is 0 Å². The summed E-state index contributed by atoms with van der Waals surface area (Å²) in [7, 11) is 0. The standard InChI is InChI=1S/C12H23NO4/c1-7-11(3,4)16-9(14)13-10(15)17-12(5,6)8-2/h7-8H2,1-6H3,(H,13,14,15). The molecule has 5 nitrogen and oxygen atoms in total. The lowest BCUT2D eigenvalue weighted by atomic mass is 10.1. The van der Waals surface area contributed by atoms with E-state index in [-0.39, 0.29) is 0 Å². The predicted molar refractivity (Wildman–Crippen MR) is 64.8 cm³/mol. The van der Waals surface area contributed by atoms with Crippen LogP contribution in [0, 0.1) is 0 Å². The molecule has 17 heavy (non-hydrogen) atoms. The number of ether oxygens (including phenoxy) is 2. The summed E-state index contributed by atoms with van der Waals surface area (Å²) in [4.78, 5) is 22.7. The zero-order valence-electron chi connectivity index (χ0n) is 11.5. The van der Waals surface area contributed by atoms with Gasteiger partial charge in [-0.3, -0.25) is 0 Å². The largest absolute Gasteiger partial charge is 0.443 e. The molecule has 0 heterocycles. The third kappa shape index (κ3) is 6.81. The number of nitrogens with one attached hydrogen (secondary N) is 1. The maximum absolute atomic E-state index is 11.4. The number of alkyl carbamates (subject to hydrolysis) is 2. The van der Waals surface area contributed by atoms with Crippen LogP contribution >= 0.6 is 0 Å². The van der Waals surface area contributed by atoms with Gasteiger partial charge >= 0.3 is 12.2 Å². The van der Waals surface area contributed by atoms with Crippen LogP contribution in [0.4, 0.5) is 9.59 Å². The Morgan fingerprint density at radius 1 is 0.882 bits per heavy atom. The van der Waals surface area contributed by atoms with E-state index in [1.54, 1.807) is 27.7 Å². The molecule has 0 aromatic rings. The van der Waals surface area contributed by atoms with Gasteiger partial charge in [-0.2, -0.15) is 0 Å². The first-order valence-corrected chi connectivity index (χ1v) is 5.85. The van der Waals surface area contributed by atoms with Crippen molar-refractivity contribution in [1.29, 1.82) is 0 Å². The van der Waals surface area contributed by atoms with Crippen LogP contribution in [0.2, 0.25) is 0 Å². The van der Waals surface area contributed by atoms with Gasteiger partial charge in [0, 0.05) is 0 Å². The van der Waals surface area contributed by atoms with Crippen molar-refractivity contribution in [1.82, 2.24) is 5.32 Å². The Morgan fingerprint density at radius 3 is 1.41 bits per heavy atom. The molecule has 0 aliphatic heterocycles. The van der Waals surface area contributed by atoms with E-state index in [1.165, 1.54) is 0 Å². The van der Waals surface area contributed by atoms with Gasteiger partial charge in [-0.05, 0) is 40.5 Å². The molecule has 0 aliphatic carbocycles. The molecule has 0 unspecified atom stereocenters. The molecule has 0 fully saturated rings. The fourth-order valence-electron chi connectivity index (χ4n) is 0.781. The third-order valence-corrected chi connectivity index (χ3v) is 2.64. The molecule has 0 saturated carbocycles. The van der Waals surface area contributed by atoms with E-state index in [0.29, 0.717) is 12.8 Å². The van der Waals surface area contributed by atoms with E-state index in [0.717, 1.165) is 0 Å². The molecule has 0 aliphatic rings. The third-order valence-electron chi connectivity index (χ3n) is 2.64. The SMILES string of the molecule is CCC(C)(C)OC(=O)NC(=O)OC(C)(C)CC. The Kier molecular flexibility index (Phi) is 5.45. The van der Waals surface area contributed by atoms with Crippen LogP contribution in [-0.2, 0) is 9.47 Å². The average molecular weight is 245 g/mol. The smallest absolute Gasteiger partial charge is 0.417 e. The van der Waals surface area contributed by atoms with E-state index in [2.05, 4.69) is 0 Å². The fraction of sp³-hybridized carbons (Fsp3) is 0.833. The van der Waals surface area contributed by atoms with Crippen LogP contribution in [-0.4, -0.2) is 23.4 Å². The van der Waals surface area contributed by atoms with Crippen molar-refractivity contribution >= 4 is 12.2 Å². The highest BCUT2D eigenvalue weighted by Gasteiger charge is 2.25. The summed E-state index contributed by atoms with van der Waals surface area (Å²) >= 11 is 0. The highest BCUT2D eigenvalue weighted by atomic mass is 16.6. The van der Waals surface area contributed by atoms with Gasteiger partial charge in [0.15, 0.2) is 0 Å². The summed E-state index contributed by atoms with van der Waals surface area (Å²) in [6, 6.07) is 0. The van der Waals surface area contributed by atoms with Crippen molar-refractivity contribution in [2.45, 2.75) is 65.6 Å². The Hall–Kier alpha value is -1.26. The van der Waals surface area contributed by atoms with Gasteiger partial charge in [0.25, 0.3) is 0 Å².